The Hall–Kier alpha value is -0.590. The summed E-state index contributed by atoms with van der Waals surface area (Å²) in [6, 6.07) is 2.36. The van der Waals surface area contributed by atoms with E-state index in [0.29, 0.717) is 6.10 Å². The van der Waals surface area contributed by atoms with E-state index in [9.17, 15) is 0 Å². The van der Waals surface area contributed by atoms with Crippen molar-refractivity contribution in [3.05, 3.63) is 0 Å². The van der Waals surface area contributed by atoms with Gasteiger partial charge >= 0.3 is 0 Å². The van der Waals surface area contributed by atoms with Crippen molar-refractivity contribution in [2.75, 3.05) is 13.7 Å². The molecule has 3 heteroatoms. The van der Waals surface area contributed by atoms with Gasteiger partial charge in [-0.1, -0.05) is 0 Å². The highest BCUT2D eigenvalue weighted by atomic mass is 16.5. The van der Waals surface area contributed by atoms with Crippen molar-refractivity contribution in [1.82, 2.24) is 5.32 Å². The van der Waals surface area contributed by atoms with Crippen LogP contribution in [0.3, 0.4) is 0 Å². The van der Waals surface area contributed by atoms with Crippen molar-refractivity contribution in [2.45, 2.75) is 44.2 Å². The van der Waals surface area contributed by atoms with Crippen LogP contribution >= 0.6 is 0 Å². The van der Waals surface area contributed by atoms with E-state index in [1.807, 2.05) is 14.0 Å². The Kier molecular flexibility index (Phi) is 3.71. The lowest BCUT2D eigenvalue weighted by atomic mass is 9.81. The first kappa shape index (κ1) is 10.5. The third-order valence-corrected chi connectivity index (χ3v) is 2.88. The zero-order valence-electron chi connectivity index (χ0n) is 8.47. The smallest absolute Gasteiger partial charge is 0.106 e. The molecule has 0 aromatic heterocycles. The number of nitriles is 1. The van der Waals surface area contributed by atoms with Gasteiger partial charge in [-0.2, -0.15) is 5.26 Å². The second-order valence-electron chi connectivity index (χ2n) is 3.60. The summed E-state index contributed by atoms with van der Waals surface area (Å²) in [7, 11) is 1.87. The van der Waals surface area contributed by atoms with Crippen LogP contribution < -0.4 is 5.32 Å². The molecule has 0 aromatic rings. The molecule has 3 nitrogen and oxygen atoms in total. The lowest BCUT2D eigenvalue weighted by Gasteiger charge is -2.34. The van der Waals surface area contributed by atoms with Gasteiger partial charge in [0.05, 0.1) is 12.2 Å². The number of ether oxygens (including phenoxy) is 1. The van der Waals surface area contributed by atoms with E-state index in [4.69, 9.17) is 10.00 Å². The summed E-state index contributed by atoms with van der Waals surface area (Å²) in [5.41, 5.74) is -0.284. The Morgan fingerprint density at radius 2 is 2.15 bits per heavy atom. The summed E-state index contributed by atoms with van der Waals surface area (Å²) in [6.45, 7) is 2.80. The maximum atomic E-state index is 9.00. The highest BCUT2D eigenvalue weighted by Gasteiger charge is 2.33. The lowest BCUT2D eigenvalue weighted by Crippen LogP contribution is -2.45. The lowest BCUT2D eigenvalue weighted by molar-refractivity contribution is 0.0236. The standard InChI is InChI=1S/C10H18N2O/c1-3-13-9-4-6-10(8-11,12-2)7-5-9/h9,12H,3-7H2,1-2H3. The van der Waals surface area contributed by atoms with Crippen molar-refractivity contribution in [3.8, 4) is 6.07 Å². The topological polar surface area (TPSA) is 45.0 Å². The largest absolute Gasteiger partial charge is 0.379 e. The van der Waals surface area contributed by atoms with Gasteiger partial charge < -0.3 is 10.1 Å². The molecular weight excluding hydrogens is 164 g/mol. The van der Waals surface area contributed by atoms with Crippen LogP contribution in [0.25, 0.3) is 0 Å². The molecule has 1 saturated carbocycles. The maximum Gasteiger partial charge on any atom is 0.106 e. The quantitative estimate of drug-likeness (QED) is 0.718. The minimum Gasteiger partial charge on any atom is -0.379 e. The summed E-state index contributed by atoms with van der Waals surface area (Å²) >= 11 is 0. The number of nitrogens with one attached hydrogen (secondary N) is 1. The van der Waals surface area contributed by atoms with Crippen molar-refractivity contribution < 1.29 is 4.74 Å². The zero-order valence-corrected chi connectivity index (χ0v) is 8.47. The molecule has 0 aliphatic heterocycles. The van der Waals surface area contributed by atoms with Crippen molar-refractivity contribution >= 4 is 0 Å². The molecule has 0 heterocycles. The molecule has 1 fully saturated rings. The van der Waals surface area contributed by atoms with Crippen LogP contribution in [0.2, 0.25) is 0 Å². The molecule has 0 atom stereocenters. The third-order valence-electron chi connectivity index (χ3n) is 2.88. The molecule has 0 unspecified atom stereocenters. The van der Waals surface area contributed by atoms with Crippen LogP contribution in [0.1, 0.15) is 32.6 Å². The van der Waals surface area contributed by atoms with E-state index >= 15 is 0 Å². The normalized spacial score (nSPS) is 34.1. The van der Waals surface area contributed by atoms with Gasteiger partial charge in [0.1, 0.15) is 5.54 Å². The van der Waals surface area contributed by atoms with Gasteiger partial charge in [-0.25, -0.2) is 0 Å². The fourth-order valence-electron chi connectivity index (χ4n) is 1.90. The SMILES string of the molecule is CCOC1CCC(C#N)(NC)CC1. The molecule has 0 amide bonds. The fourth-order valence-corrected chi connectivity index (χ4v) is 1.90. The Morgan fingerprint density at radius 3 is 2.54 bits per heavy atom. The highest BCUT2D eigenvalue weighted by molar-refractivity contribution is 5.08. The van der Waals surface area contributed by atoms with Crippen molar-refractivity contribution in [3.63, 3.8) is 0 Å². The van der Waals surface area contributed by atoms with E-state index < -0.39 is 0 Å². The maximum absolute atomic E-state index is 9.00. The molecule has 0 saturated heterocycles. The molecule has 0 radical (unpaired) electrons. The molecule has 1 N–H and O–H groups in total. The molecule has 1 aliphatic rings. The molecule has 13 heavy (non-hydrogen) atoms. The second kappa shape index (κ2) is 4.59. The minimum absolute atomic E-state index is 0.284. The first-order valence-electron chi connectivity index (χ1n) is 4.98. The highest BCUT2D eigenvalue weighted by Crippen LogP contribution is 2.28. The molecule has 1 aliphatic carbocycles. The van der Waals surface area contributed by atoms with Gasteiger partial charge in [-0.15, -0.1) is 0 Å². The summed E-state index contributed by atoms with van der Waals surface area (Å²) in [6.07, 6.45) is 4.19. The van der Waals surface area contributed by atoms with Gasteiger partial charge in [-0.05, 0) is 39.7 Å². The van der Waals surface area contributed by atoms with Gasteiger partial charge in [-0.3, -0.25) is 0 Å². The van der Waals surface area contributed by atoms with Crippen LogP contribution in [0.15, 0.2) is 0 Å². The summed E-state index contributed by atoms with van der Waals surface area (Å²) < 4.78 is 5.53. The molecule has 0 bridgehead atoms. The average molecular weight is 182 g/mol. The molecule has 1 rings (SSSR count). The van der Waals surface area contributed by atoms with Crippen LogP contribution in [0, 0.1) is 11.3 Å². The first-order chi connectivity index (χ1) is 6.26. The monoisotopic (exact) mass is 182 g/mol. The molecule has 74 valence electrons. The van der Waals surface area contributed by atoms with E-state index in [-0.39, 0.29) is 5.54 Å². The Labute approximate surface area is 80.1 Å². The van der Waals surface area contributed by atoms with Crippen molar-refractivity contribution in [1.29, 1.82) is 5.26 Å². The molecular formula is C10H18N2O. The number of rotatable bonds is 3. The second-order valence-corrected chi connectivity index (χ2v) is 3.60. The molecule has 0 spiro atoms. The van der Waals surface area contributed by atoms with E-state index in [2.05, 4.69) is 11.4 Å². The van der Waals surface area contributed by atoms with E-state index in [1.54, 1.807) is 0 Å². The zero-order chi connectivity index (χ0) is 9.73. The van der Waals surface area contributed by atoms with Gasteiger partial charge in [0.2, 0.25) is 0 Å². The number of nitrogens with zero attached hydrogens (tertiary/aromatic N) is 1. The fraction of sp³-hybridized carbons (Fsp3) is 0.900. The van der Waals surface area contributed by atoms with Gasteiger partial charge in [0.25, 0.3) is 0 Å². The third kappa shape index (κ3) is 2.43. The summed E-state index contributed by atoms with van der Waals surface area (Å²) in [5, 5.41) is 12.1. The summed E-state index contributed by atoms with van der Waals surface area (Å²) in [5.74, 6) is 0. The van der Waals surface area contributed by atoms with Crippen LogP contribution in [0.5, 0.6) is 0 Å². The van der Waals surface area contributed by atoms with Crippen LogP contribution in [-0.4, -0.2) is 25.3 Å². The minimum atomic E-state index is -0.284. The average Bonchev–Trinajstić information content (AvgIpc) is 2.20. The van der Waals surface area contributed by atoms with Gasteiger partial charge in [0.15, 0.2) is 0 Å². The number of hydrogen-bond acceptors (Lipinski definition) is 3. The van der Waals surface area contributed by atoms with E-state index in [1.165, 1.54) is 0 Å². The predicted octanol–water partition coefficient (Wildman–Crippen LogP) is 1.45. The first-order valence-corrected chi connectivity index (χ1v) is 4.98. The number of hydrogen-bond donors (Lipinski definition) is 1. The van der Waals surface area contributed by atoms with Crippen molar-refractivity contribution in [2.24, 2.45) is 0 Å². The van der Waals surface area contributed by atoms with E-state index in [0.717, 1.165) is 32.3 Å². The Morgan fingerprint density at radius 1 is 1.54 bits per heavy atom. The Bertz CT molecular complexity index is 190. The molecule has 0 aromatic carbocycles. The Balaban J connectivity index is 2.42. The van der Waals surface area contributed by atoms with Crippen LogP contribution in [0.4, 0.5) is 0 Å². The predicted molar refractivity (Wildman–Crippen MR) is 51.3 cm³/mol. The van der Waals surface area contributed by atoms with Gasteiger partial charge in [0, 0.05) is 6.61 Å². The van der Waals surface area contributed by atoms with Crippen LogP contribution in [-0.2, 0) is 4.74 Å². The summed E-state index contributed by atoms with van der Waals surface area (Å²) in [4.78, 5) is 0.